The van der Waals surface area contributed by atoms with Gasteiger partial charge in [0.2, 0.25) is 5.13 Å². The van der Waals surface area contributed by atoms with Crippen LogP contribution in [0.5, 0.6) is 0 Å². The molecule has 1 heterocycles. The van der Waals surface area contributed by atoms with E-state index in [0.29, 0.717) is 9.09 Å². The Morgan fingerprint density at radius 1 is 1.85 bits per heavy atom. The molecule has 0 aliphatic rings. The third kappa shape index (κ3) is 2.92. The minimum atomic E-state index is -1.08. The lowest BCUT2D eigenvalue weighted by atomic mass is 10.4. The zero-order valence-electron chi connectivity index (χ0n) is 6.57. The van der Waals surface area contributed by atoms with Crippen LogP contribution in [0, 0.1) is 3.95 Å². The Balaban J connectivity index is 2.66. The average Bonchev–Trinajstić information content (AvgIpc) is 2.47. The van der Waals surface area contributed by atoms with Crippen LogP contribution in [0.25, 0.3) is 0 Å². The van der Waals surface area contributed by atoms with Crippen LogP contribution in [-0.4, -0.2) is 27.0 Å². The molecule has 0 radical (unpaired) electrons. The SMILES string of the molecule is CC(=NNc1n[nH]c(=S)s1)C(=O)O. The van der Waals surface area contributed by atoms with Crippen LogP contribution in [0.4, 0.5) is 5.13 Å². The van der Waals surface area contributed by atoms with Crippen molar-refractivity contribution in [3.63, 3.8) is 0 Å². The van der Waals surface area contributed by atoms with Gasteiger partial charge >= 0.3 is 5.97 Å². The van der Waals surface area contributed by atoms with Gasteiger partial charge in [0.15, 0.2) is 3.95 Å². The number of nitrogens with zero attached hydrogens (tertiary/aromatic N) is 2. The maximum Gasteiger partial charge on any atom is 0.351 e. The number of carboxylic acids is 1. The fourth-order valence-electron chi connectivity index (χ4n) is 0.457. The van der Waals surface area contributed by atoms with Gasteiger partial charge in [-0.05, 0) is 19.1 Å². The molecule has 13 heavy (non-hydrogen) atoms. The number of hydrogen-bond acceptors (Lipinski definition) is 6. The maximum absolute atomic E-state index is 10.3. The summed E-state index contributed by atoms with van der Waals surface area (Å²) in [5.41, 5.74) is 2.42. The van der Waals surface area contributed by atoms with Gasteiger partial charge in [-0.1, -0.05) is 11.3 Å². The van der Waals surface area contributed by atoms with Gasteiger partial charge in [-0.15, -0.1) is 5.10 Å². The number of hydrogen-bond donors (Lipinski definition) is 3. The predicted molar refractivity (Wildman–Crippen MR) is 51.7 cm³/mol. The number of aromatic nitrogens is 2. The fraction of sp³-hybridized carbons (Fsp3) is 0.200. The van der Waals surface area contributed by atoms with Crippen molar-refractivity contribution in [1.82, 2.24) is 10.2 Å². The van der Waals surface area contributed by atoms with E-state index >= 15 is 0 Å². The summed E-state index contributed by atoms with van der Waals surface area (Å²) in [5.74, 6) is -1.08. The molecule has 70 valence electrons. The monoisotopic (exact) mass is 218 g/mol. The molecule has 0 aliphatic heterocycles. The molecule has 1 aromatic heterocycles. The van der Waals surface area contributed by atoms with E-state index in [1.165, 1.54) is 18.3 Å². The highest BCUT2D eigenvalue weighted by molar-refractivity contribution is 7.73. The normalized spacial score (nSPS) is 11.3. The summed E-state index contributed by atoms with van der Waals surface area (Å²) in [6.45, 7) is 1.38. The topological polar surface area (TPSA) is 90.4 Å². The van der Waals surface area contributed by atoms with Gasteiger partial charge in [-0.25, -0.2) is 4.79 Å². The zero-order valence-corrected chi connectivity index (χ0v) is 8.20. The Bertz CT molecular complexity index is 393. The lowest BCUT2D eigenvalue weighted by Crippen LogP contribution is -2.10. The number of nitrogens with one attached hydrogen (secondary N) is 2. The zero-order chi connectivity index (χ0) is 9.84. The molecule has 0 unspecified atom stereocenters. The van der Waals surface area contributed by atoms with E-state index in [4.69, 9.17) is 17.3 Å². The number of hydrazone groups is 1. The van der Waals surface area contributed by atoms with E-state index in [2.05, 4.69) is 20.7 Å². The van der Waals surface area contributed by atoms with Crippen LogP contribution < -0.4 is 5.43 Å². The summed E-state index contributed by atoms with van der Waals surface area (Å²) in [6, 6.07) is 0. The summed E-state index contributed by atoms with van der Waals surface area (Å²) in [6.07, 6.45) is 0. The van der Waals surface area contributed by atoms with Crippen molar-refractivity contribution in [2.75, 3.05) is 5.43 Å². The highest BCUT2D eigenvalue weighted by Crippen LogP contribution is 2.10. The minimum Gasteiger partial charge on any atom is -0.477 e. The van der Waals surface area contributed by atoms with E-state index in [1.54, 1.807) is 0 Å². The summed E-state index contributed by atoms with van der Waals surface area (Å²) >= 11 is 5.94. The molecule has 1 rings (SSSR count). The van der Waals surface area contributed by atoms with E-state index in [0.717, 1.165) is 0 Å². The molecule has 0 fully saturated rings. The molecule has 6 nitrogen and oxygen atoms in total. The number of H-pyrrole nitrogens is 1. The van der Waals surface area contributed by atoms with E-state index in [-0.39, 0.29) is 5.71 Å². The van der Waals surface area contributed by atoms with Crippen LogP contribution >= 0.6 is 23.6 Å². The Morgan fingerprint density at radius 2 is 2.54 bits per heavy atom. The van der Waals surface area contributed by atoms with E-state index in [9.17, 15) is 4.79 Å². The van der Waals surface area contributed by atoms with Gasteiger partial charge in [0.25, 0.3) is 0 Å². The Hall–Kier alpha value is -1.28. The van der Waals surface area contributed by atoms with Gasteiger partial charge in [0.1, 0.15) is 5.71 Å². The molecule has 0 aliphatic carbocycles. The second-order valence-corrected chi connectivity index (χ2v) is 3.70. The quantitative estimate of drug-likeness (QED) is 0.401. The van der Waals surface area contributed by atoms with Crippen LogP contribution in [0.2, 0.25) is 0 Å². The molecule has 8 heteroatoms. The second-order valence-electron chi connectivity index (χ2n) is 2.03. The first kappa shape index (κ1) is 9.81. The van der Waals surface area contributed by atoms with Gasteiger partial charge < -0.3 is 5.11 Å². The molecular formula is C5H6N4O2S2. The van der Waals surface area contributed by atoms with Crippen LogP contribution in [0.3, 0.4) is 0 Å². The van der Waals surface area contributed by atoms with Crippen molar-refractivity contribution in [3.8, 4) is 0 Å². The average molecular weight is 218 g/mol. The molecule has 0 saturated heterocycles. The van der Waals surface area contributed by atoms with Crippen molar-refractivity contribution in [1.29, 1.82) is 0 Å². The third-order valence-corrected chi connectivity index (χ3v) is 2.06. The molecule has 0 amide bonds. The molecule has 0 bridgehead atoms. The van der Waals surface area contributed by atoms with Crippen LogP contribution in [-0.2, 0) is 4.79 Å². The summed E-state index contributed by atoms with van der Waals surface area (Å²) < 4.78 is 0.505. The standard InChI is InChI=1S/C5H6N4O2S2/c1-2(3(10)11)6-7-4-8-9-5(12)13-4/h1H3,(H,7,8)(H,9,12)(H,10,11). The largest absolute Gasteiger partial charge is 0.477 e. The molecular weight excluding hydrogens is 212 g/mol. The maximum atomic E-state index is 10.3. The van der Waals surface area contributed by atoms with Crippen molar-refractivity contribution >= 4 is 40.4 Å². The van der Waals surface area contributed by atoms with Gasteiger partial charge in [0.05, 0.1) is 0 Å². The second kappa shape index (κ2) is 4.10. The highest BCUT2D eigenvalue weighted by atomic mass is 32.1. The van der Waals surface area contributed by atoms with Gasteiger partial charge in [0, 0.05) is 0 Å². The summed E-state index contributed by atoms with van der Waals surface area (Å²) in [7, 11) is 0. The van der Waals surface area contributed by atoms with Crippen molar-refractivity contribution in [2.24, 2.45) is 5.10 Å². The summed E-state index contributed by atoms with van der Waals surface area (Å²) in [5, 5.41) is 18.7. The Labute approximate surface area is 82.3 Å². The number of carboxylic acid groups (broad SMARTS) is 1. The molecule has 3 N–H and O–H groups in total. The Kier molecular flexibility index (Phi) is 3.09. The fourth-order valence-corrected chi connectivity index (χ4v) is 1.19. The van der Waals surface area contributed by atoms with Crippen LogP contribution in [0.1, 0.15) is 6.92 Å². The Morgan fingerprint density at radius 3 is 3.00 bits per heavy atom. The first-order valence-corrected chi connectivity index (χ1v) is 4.41. The van der Waals surface area contributed by atoms with Crippen molar-refractivity contribution in [2.45, 2.75) is 6.92 Å². The number of aromatic amines is 1. The van der Waals surface area contributed by atoms with Gasteiger partial charge in [-0.3, -0.25) is 10.5 Å². The van der Waals surface area contributed by atoms with Crippen molar-refractivity contribution < 1.29 is 9.90 Å². The van der Waals surface area contributed by atoms with E-state index < -0.39 is 5.97 Å². The third-order valence-electron chi connectivity index (χ3n) is 1.07. The van der Waals surface area contributed by atoms with E-state index in [1.807, 2.05) is 0 Å². The first-order valence-electron chi connectivity index (χ1n) is 3.18. The minimum absolute atomic E-state index is 0.0406. The molecule has 0 saturated carbocycles. The molecule has 1 aromatic rings. The smallest absolute Gasteiger partial charge is 0.351 e. The predicted octanol–water partition coefficient (Wildman–Crippen LogP) is 1.07. The number of aliphatic carboxylic acids is 1. The number of anilines is 1. The first-order chi connectivity index (χ1) is 6.09. The van der Waals surface area contributed by atoms with Crippen molar-refractivity contribution in [3.05, 3.63) is 3.95 Å². The number of rotatable bonds is 3. The number of carbonyl (C=O) groups is 1. The molecule has 0 aromatic carbocycles. The van der Waals surface area contributed by atoms with Crippen LogP contribution in [0.15, 0.2) is 5.10 Å². The summed E-state index contributed by atoms with van der Waals surface area (Å²) in [4.78, 5) is 10.3. The molecule has 0 atom stereocenters. The lowest BCUT2D eigenvalue weighted by Gasteiger charge is -1.93. The van der Waals surface area contributed by atoms with Gasteiger partial charge in [-0.2, -0.15) is 5.10 Å². The molecule has 0 spiro atoms. The lowest BCUT2D eigenvalue weighted by molar-refractivity contribution is -0.129. The highest BCUT2D eigenvalue weighted by Gasteiger charge is 2.01.